The fourth-order valence-electron chi connectivity index (χ4n) is 2.21. The Morgan fingerprint density at radius 2 is 1.59 bits per heavy atom. The summed E-state index contributed by atoms with van der Waals surface area (Å²) < 4.78 is 0. The summed E-state index contributed by atoms with van der Waals surface area (Å²) in [5.41, 5.74) is 0.637. The van der Waals surface area contributed by atoms with Gasteiger partial charge in [0.2, 0.25) is 11.6 Å². The lowest BCUT2D eigenvalue weighted by molar-refractivity contribution is -0.114. The van der Waals surface area contributed by atoms with Crippen molar-refractivity contribution in [2.24, 2.45) is 0 Å². The zero-order valence-electron chi connectivity index (χ0n) is 8.90. The second-order valence-electron chi connectivity index (χ2n) is 4.06. The SMILES string of the molecule is O=C1CC(=O)c2ccc3ccccc3c2C1=O. The molecule has 0 fully saturated rings. The van der Waals surface area contributed by atoms with Crippen LogP contribution >= 0.6 is 0 Å². The number of carbonyl (C=O) groups excluding carboxylic acids is 3. The van der Waals surface area contributed by atoms with Crippen LogP contribution in [0.25, 0.3) is 10.8 Å². The topological polar surface area (TPSA) is 51.2 Å². The van der Waals surface area contributed by atoms with E-state index in [0.29, 0.717) is 10.9 Å². The Labute approximate surface area is 97.1 Å². The normalized spacial score (nSPS) is 15.2. The van der Waals surface area contributed by atoms with Crippen molar-refractivity contribution in [2.45, 2.75) is 6.42 Å². The second kappa shape index (κ2) is 3.35. The number of rotatable bonds is 0. The van der Waals surface area contributed by atoms with Crippen molar-refractivity contribution in [2.75, 3.05) is 0 Å². The maximum Gasteiger partial charge on any atom is 0.230 e. The van der Waals surface area contributed by atoms with Gasteiger partial charge in [-0.3, -0.25) is 14.4 Å². The summed E-state index contributed by atoms with van der Waals surface area (Å²) >= 11 is 0. The number of hydrogen-bond donors (Lipinski definition) is 0. The summed E-state index contributed by atoms with van der Waals surface area (Å²) in [4.78, 5) is 35.0. The quantitative estimate of drug-likeness (QED) is 0.509. The van der Waals surface area contributed by atoms with Crippen molar-refractivity contribution in [3.63, 3.8) is 0 Å². The maximum atomic E-state index is 11.9. The van der Waals surface area contributed by atoms with Crippen LogP contribution in [0.5, 0.6) is 0 Å². The van der Waals surface area contributed by atoms with Crippen LogP contribution in [0.4, 0.5) is 0 Å². The molecule has 0 saturated heterocycles. The van der Waals surface area contributed by atoms with Gasteiger partial charge in [0.05, 0.1) is 6.42 Å². The predicted molar refractivity (Wildman–Crippen MR) is 62.2 cm³/mol. The molecular weight excluding hydrogens is 216 g/mol. The average molecular weight is 224 g/mol. The molecule has 3 nitrogen and oxygen atoms in total. The van der Waals surface area contributed by atoms with Crippen LogP contribution in [0.1, 0.15) is 27.1 Å². The number of ketones is 3. The van der Waals surface area contributed by atoms with Gasteiger partial charge in [-0.2, -0.15) is 0 Å². The molecule has 0 amide bonds. The number of Topliss-reactive ketones (excluding diaryl/α,β-unsaturated/α-hetero) is 3. The van der Waals surface area contributed by atoms with Gasteiger partial charge < -0.3 is 0 Å². The minimum Gasteiger partial charge on any atom is -0.294 e. The lowest BCUT2D eigenvalue weighted by Crippen LogP contribution is -2.27. The molecule has 2 aromatic carbocycles. The lowest BCUT2D eigenvalue weighted by atomic mass is 9.85. The molecular formula is C14H8O3. The van der Waals surface area contributed by atoms with Crippen LogP contribution in [0.15, 0.2) is 36.4 Å². The highest BCUT2D eigenvalue weighted by Crippen LogP contribution is 2.27. The van der Waals surface area contributed by atoms with E-state index >= 15 is 0 Å². The third-order valence-corrected chi connectivity index (χ3v) is 3.03. The van der Waals surface area contributed by atoms with E-state index < -0.39 is 11.6 Å². The molecule has 1 aliphatic rings. The van der Waals surface area contributed by atoms with Crippen LogP contribution in [-0.2, 0) is 4.79 Å². The Kier molecular flexibility index (Phi) is 1.95. The van der Waals surface area contributed by atoms with Crippen molar-refractivity contribution in [1.29, 1.82) is 0 Å². The minimum atomic E-state index is -0.612. The monoisotopic (exact) mass is 224 g/mol. The summed E-state index contributed by atoms with van der Waals surface area (Å²) in [7, 11) is 0. The van der Waals surface area contributed by atoms with Gasteiger partial charge in [0.1, 0.15) is 0 Å². The highest BCUT2D eigenvalue weighted by Gasteiger charge is 2.31. The Morgan fingerprint density at radius 1 is 0.824 bits per heavy atom. The van der Waals surface area contributed by atoms with Crippen LogP contribution in [0.2, 0.25) is 0 Å². The van der Waals surface area contributed by atoms with Gasteiger partial charge in [0, 0.05) is 11.1 Å². The van der Waals surface area contributed by atoms with Crippen LogP contribution < -0.4 is 0 Å². The first-order valence-corrected chi connectivity index (χ1v) is 5.31. The molecule has 2 aromatic rings. The lowest BCUT2D eigenvalue weighted by Gasteiger charge is -2.14. The van der Waals surface area contributed by atoms with E-state index in [9.17, 15) is 14.4 Å². The Hall–Kier alpha value is -2.29. The van der Waals surface area contributed by atoms with Gasteiger partial charge in [0.15, 0.2) is 5.78 Å². The molecule has 0 atom stereocenters. The van der Waals surface area contributed by atoms with Crippen molar-refractivity contribution < 1.29 is 14.4 Å². The highest BCUT2D eigenvalue weighted by molar-refractivity contribution is 6.52. The fraction of sp³-hybridized carbons (Fsp3) is 0.0714. The molecule has 0 spiro atoms. The first-order valence-electron chi connectivity index (χ1n) is 5.31. The maximum absolute atomic E-state index is 11.9. The fourth-order valence-corrected chi connectivity index (χ4v) is 2.21. The van der Waals surface area contributed by atoms with Crippen LogP contribution in [0, 0.1) is 0 Å². The number of carbonyl (C=O) groups is 3. The third kappa shape index (κ3) is 1.32. The zero-order chi connectivity index (χ0) is 12.0. The van der Waals surface area contributed by atoms with Gasteiger partial charge in [-0.1, -0.05) is 36.4 Å². The van der Waals surface area contributed by atoms with Crippen LogP contribution in [0.3, 0.4) is 0 Å². The van der Waals surface area contributed by atoms with Crippen molar-refractivity contribution in [3.8, 4) is 0 Å². The molecule has 0 radical (unpaired) electrons. The Bertz CT molecular complexity index is 683. The zero-order valence-corrected chi connectivity index (χ0v) is 8.90. The summed E-state index contributed by atoms with van der Waals surface area (Å²) in [6.45, 7) is 0. The predicted octanol–water partition coefficient (Wildman–Crippen LogP) is 2.18. The molecule has 0 unspecified atom stereocenters. The smallest absolute Gasteiger partial charge is 0.230 e. The van der Waals surface area contributed by atoms with E-state index in [1.165, 1.54) is 0 Å². The average Bonchev–Trinajstić information content (AvgIpc) is 2.35. The van der Waals surface area contributed by atoms with E-state index in [1.54, 1.807) is 24.3 Å². The van der Waals surface area contributed by atoms with Crippen LogP contribution in [-0.4, -0.2) is 17.3 Å². The second-order valence-corrected chi connectivity index (χ2v) is 4.06. The molecule has 17 heavy (non-hydrogen) atoms. The van der Waals surface area contributed by atoms with E-state index in [2.05, 4.69) is 0 Å². The van der Waals surface area contributed by atoms with Gasteiger partial charge in [-0.15, -0.1) is 0 Å². The van der Waals surface area contributed by atoms with E-state index in [-0.39, 0.29) is 17.8 Å². The third-order valence-electron chi connectivity index (χ3n) is 3.03. The van der Waals surface area contributed by atoms with Crippen molar-refractivity contribution in [1.82, 2.24) is 0 Å². The molecule has 82 valence electrons. The molecule has 0 saturated carbocycles. The van der Waals surface area contributed by atoms with Crippen molar-refractivity contribution in [3.05, 3.63) is 47.5 Å². The molecule has 0 aromatic heterocycles. The van der Waals surface area contributed by atoms with E-state index in [4.69, 9.17) is 0 Å². The number of fused-ring (bicyclic) bond motifs is 3. The Morgan fingerprint density at radius 3 is 2.41 bits per heavy atom. The van der Waals surface area contributed by atoms with Gasteiger partial charge in [0.25, 0.3) is 0 Å². The molecule has 0 bridgehead atoms. The summed E-state index contributed by atoms with van der Waals surface area (Å²) in [6.07, 6.45) is -0.301. The largest absolute Gasteiger partial charge is 0.294 e. The first kappa shape index (κ1) is 9.90. The highest BCUT2D eigenvalue weighted by atomic mass is 16.2. The number of hydrogen-bond acceptors (Lipinski definition) is 3. The molecule has 3 rings (SSSR count). The molecule has 3 heteroatoms. The summed E-state index contributed by atoms with van der Waals surface area (Å²) in [5.74, 6) is -1.43. The van der Waals surface area contributed by atoms with E-state index in [1.807, 2.05) is 12.1 Å². The summed E-state index contributed by atoms with van der Waals surface area (Å²) in [5, 5.41) is 1.54. The Balaban J connectivity index is 2.46. The first-order chi connectivity index (χ1) is 8.18. The van der Waals surface area contributed by atoms with Crippen molar-refractivity contribution >= 4 is 28.1 Å². The molecule has 1 aliphatic carbocycles. The minimum absolute atomic E-state index is 0.268. The van der Waals surface area contributed by atoms with Gasteiger partial charge in [-0.25, -0.2) is 0 Å². The summed E-state index contributed by atoms with van der Waals surface area (Å²) in [6, 6.07) is 10.7. The van der Waals surface area contributed by atoms with Gasteiger partial charge in [-0.05, 0) is 10.8 Å². The molecule has 0 heterocycles. The van der Waals surface area contributed by atoms with E-state index in [0.717, 1.165) is 5.39 Å². The molecule has 0 aliphatic heterocycles. The standard InChI is InChI=1S/C14H8O3/c15-11-7-12(16)14(17)13-9-4-2-1-3-8(9)5-6-10(11)13/h1-6H,7H2. The number of benzene rings is 2. The van der Waals surface area contributed by atoms with Gasteiger partial charge >= 0.3 is 0 Å². The molecule has 0 N–H and O–H groups in total.